The lowest BCUT2D eigenvalue weighted by atomic mass is 10.1. The minimum atomic E-state index is -0.588. The Bertz CT molecular complexity index is 563. The van der Waals surface area contributed by atoms with Crippen LogP contribution in [0.4, 0.5) is 10.5 Å². The van der Waals surface area contributed by atoms with Crippen LogP contribution in [-0.4, -0.2) is 13.2 Å². The van der Waals surface area contributed by atoms with Crippen molar-refractivity contribution in [3.8, 4) is 11.5 Å². The lowest BCUT2D eigenvalue weighted by Crippen LogP contribution is -2.19. The molecule has 0 unspecified atom stereocenters. The van der Waals surface area contributed by atoms with E-state index in [4.69, 9.17) is 15.2 Å². The molecule has 0 fully saturated rings. The topological polar surface area (TPSA) is 73.6 Å². The van der Waals surface area contributed by atoms with Crippen molar-refractivity contribution < 1.29 is 14.3 Å². The summed E-state index contributed by atoms with van der Waals surface area (Å²) in [4.78, 5) is 11.9. The summed E-state index contributed by atoms with van der Waals surface area (Å²) in [5, 5.41) is 2.66. The highest BCUT2D eigenvalue weighted by molar-refractivity contribution is 5.89. The number of amides is 1. The van der Waals surface area contributed by atoms with Crippen LogP contribution in [0.5, 0.6) is 11.5 Å². The monoisotopic (exact) mass is 272 g/mol. The fourth-order valence-corrected chi connectivity index (χ4v) is 1.78. The van der Waals surface area contributed by atoms with E-state index in [0.717, 1.165) is 5.56 Å². The van der Waals surface area contributed by atoms with Crippen molar-refractivity contribution in [2.45, 2.75) is 6.54 Å². The summed E-state index contributed by atoms with van der Waals surface area (Å²) in [5.41, 5.74) is 6.95. The Morgan fingerprint density at radius 2 is 1.90 bits per heavy atom. The van der Waals surface area contributed by atoms with Gasteiger partial charge in [-0.2, -0.15) is 0 Å². The number of carbonyl (C=O) groups excluding carboxylic acids is 1. The molecule has 0 saturated carbocycles. The molecule has 0 aliphatic carbocycles. The van der Waals surface area contributed by atoms with Crippen molar-refractivity contribution in [3.05, 3.63) is 54.1 Å². The summed E-state index contributed by atoms with van der Waals surface area (Å²) >= 11 is 0. The first-order chi connectivity index (χ1) is 9.74. The largest absolute Gasteiger partial charge is 0.495 e. The molecule has 5 heteroatoms. The summed E-state index contributed by atoms with van der Waals surface area (Å²) in [6.45, 7) is 0.290. The van der Waals surface area contributed by atoms with Crippen molar-refractivity contribution >= 4 is 11.8 Å². The average molecular weight is 272 g/mol. The van der Waals surface area contributed by atoms with E-state index in [2.05, 4.69) is 5.32 Å². The fraction of sp³-hybridized carbons (Fsp3) is 0.133. The predicted octanol–water partition coefficient (Wildman–Crippen LogP) is 2.76. The van der Waals surface area contributed by atoms with Crippen molar-refractivity contribution in [2.24, 2.45) is 5.73 Å². The summed E-state index contributed by atoms with van der Waals surface area (Å²) in [6, 6.07) is 14.2. The number of carbonyl (C=O) groups is 1. The molecular weight excluding hydrogens is 256 g/mol. The van der Waals surface area contributed by atoms with Crippen molar-refractivity contribution in [1.29, 1.82) is 0 Å². The van der Waals surface area contributed by atoms with Crippen LogP contribution in [0.3, 0.4) is 0 Å². The van der Waals surface area contributed by atoms with E-state index in [1.165, 1.54) is 7.11 Å². The van der Waals surface area contributed by atoms with Gasteiger partial charge in [-0.1, -0.05) is 30.3 Å². The van der Waals surface area contributed by atoms with Crippen LogP contribution in [-0.2, 0) is 6.54 Å². The Kier molecular flexibility index (Phi) is 4.57. The molecule has 104 valence electrons. The number of hydrogen-bond donors (Lipinski definition) is 2. The fourth-order valence-electron chi connectivity index (χ4n) is 1.78. The molecule has 0 spiro atoms. The first-order valence-electron chi connectivity index (χ1n) is 6.14. The molecule has 0 aliphatic heterocycles. The molecular formula is C15H16N2O3. The molecule has 1 amide bonds. The molecule has 0 radical (unpaired) electrons. The van der Waals surface area contributed by atoms with Crippen LogP contribution in [0.1, 0.15) is 5.56 Å². The maximum absolute atomic E-state index is 11.9. The van der Waals surface area contributed by atoms with Crippen LogP contribution in [0.25, 0.3) is 0 Å². The second-order valence-electron chi connectivity index (χ2n) is 4.03. The van der Waals surface area contributed by atoms with Gasteiger partial charge in [-0.3, -0.25) is 5.32 Å². The SMILES string of the molecule is COc1cccc(CN)c1NC(=O)Oc1ccccc1. The third kappa shape index (κ3) is 3.27. The second kappa shape index (κ2) is 6.58. The van der Waals surface area contributed by atoms with Crippen LogP contribution in [0, 0.1) is 0 Å². The van der Waals surface area contributed by atoms with Crippen molar-refractivity contribution in [3.63, 3.8) is 0 Å². The number of benzene rings is 2. The summed E-state index contributed by atoms with van der Waals surface area (Å²) < 4.78 is 10.4. The number of nitrogens with one attached hydrogen (secondary N) is 1. The Morgan fingerprint density at radius 3 is 2.55 bits per heavy atom. The molecule has 0 bridgehead atoms. The molecule has 5 nitrogen and oxygen atoms in total. The maximum Gasteiger partial charge on any atom is 0.417 e. The summed E-state index contributed by atoms with van der Waals surface area (Å²) in [7, 11) is 1.53. The van der Waals surface area contributed by atoms with Gasteiger partial charge in [0.25, 0.3) is 0 Å². The highest BCUT2D eigenvalue weighted by Gasteiger charge is 2.12. The van der Waals surface area contributed by atoms with Crippen molar-refractivity contribution in [1.82, 2.24) is 0 Å². The zero-order valence-electron chi connectivity index (χ0n) is 11.1. The number of ether oxygens (including phenoxy) is 2. The van der Waals surface area contributed by atoms with Gasteiger partial charge < -0.3 is 15.2 Å². The number of methoxy groups -OCH3 is 1. The average Bonchev–Trinajstić information content (AvgIpc) is 2.48. The molecule has 0 aliphatic rings. The van der Waals surface area contributed by atoms with Crippen LogP contribution in [0.2, 0.25) is 0 Å². The van der Waals surface area contributed by atoms with Gasteiger partial charge in [-0.05, 0) is 23.8 Å². The molecule has 0 heterocycles. The number of hydrogen-bond acceptors (Lipinski definition) is 4. The number of para-hydroxylation sites is 2. The van der Waals surface area contributed by atoms with Gasteiger partial charge in [0.15, 0.2) is 0 Å². The molecule has 0 saturated heterocycles. The van der Waals surface area contributed by atoms with Crippen molar-refractivity contribution in [2.75, 3.05) is 12.4 Å². The molecule has 2 aromatic rings. The zero-order chi connectivity index (χ0) is 14.4. The quantitative estimate of drug-likeness (QED) is 0.897. The van der Waals surface area contributed by atoms with E-state index in [1.807, 2.05) is 18.2 Å². The van der Waals surface area contributed by atoms with Crippen LogP contribution >= 0.6 is 0 Å². The summed E-state index contributed by atoms with van der Waals surface area (Å²) in [6.07, 6.45) is -0.588. The normalized spacial score (nSPS) is 9.90. The number of nitrogens with two attached hydrogens (primary N) is 1. The minimum absolute atomic E-state index is 0.290. The Labute approximate surface area is 117 Å². The standard InChI is InChI=1S/C15H16N2O3/c1-19-13-9-5-6-11(10-16)14(13)17-15(18)20-12-7-3-2-4-8-12/h2-9H,10,16H2,1H3,(H,17,18). The Balaban J connectivity index is 2.15. The lowest BCUT2D eigenvalue weighted by molar-refractivity contribution is 0.215. The molecule has 20 heavy (non-hydrogen) atoms. The van der Waals surface area contributed by atoms with Gasteiger partial charge in [-0.15, -0.1) is 0 Å². The molecule has 2 aromatic carbocycles. The van der Waals surface area contributed by atoms with Crippen LogP contribution in [0.15, 0.2) is 48.5 Å². The molecule has 2 rings (SSSR count). The molecule has 3 N–H and O–H groups in total. The van der Waals surface area contributed by atoms with Gasteiger partial charge in [0.05, 0.1) is 12.8 Å². The van der Waals surface area contributed by atoms with Gasteiger partial charge >= 0.3 is 6.09 Å². The highest BCUT2D eigenvalue weighted by Crippen LogP contribution is 2.28. The lowest BCUT2D eigenvalue weighted by Gasteiger charge is -2.13. The van der Waals surface area contributed by atoms with Gasteiger partial charge in [0, 0.05) is 6.54 Å². The van der Waals surface area contributed by atoms with E-state index < -0.39 is 6.09 Å². The van der Waals surface area contributed by atoms with Gasteiger partial charge in [0.2, 0.25) is 0 Å². The van der Waals surface area contributed by atoms with Gasteiger partial charge in [0.1, 0.15) is 11.5 Å². The van der Waals surface area contributed by atoms with Gasteiger partial charge in [-0.25, -0.2) is 4.79 Å². The third-order valence-electron chi connectivity index (χ3n) is 2.73. The number of anilines is 1. The highest BCUT2D eigenvalue weighted by atomic mass is 16.6. The Morgan fingerprint density at radius 1 is 1.15 bits per heavy atom. The first kappa shape index (κ1) is 13.9. The third-order valence-corrected chi connectivity index (χ3v) is 2.73. The second-order valence-corrected chi connectivity index (χ2v) is 4.03. The minimum Gasteiger partial charge on any atom is -0.495 e. The molecule has 0 atom stereocenters. The maximum atomic E-state index is 11.9. The zero-order valence-corrected chi connectivity index (χ0v) is 11.1. The number of rotatable bonds is 4. The first-order valence-corrected chi connectivity index (χ1v) is 6.14. The Hall–Kier alpha value is -2.53. The smallest absolute Gasteiger partial charge is 0.417 e. The van der Waals surface area contributed by atoms with E-state index in [9.17, 15) is 4.79 Å². The predicted molar refractivity (Wildman–Crippen MR) is 77.0 cm³/mol. The summed E-state index contributed by atoms with van der Waals surface area (Å²) in [5.74, 6) is 1.01. The van der Waals surface area contributed by atoms with E-state index >= 15 is 0 Å². The van der Waals surface area contributed by atoms with E-state index in [0.29, 0.717) is 17.2 Å². The van der Waals surface area contributed by atoms with E-state index in [1.54, 1.807) is 30.3 Å². The van der Waals surface area contributed by atoms with E-state index in [-0.39, 0.29) is 6.54 Å². The molecule has 0 aromatic heterocycles. The van der Waals surface area contributed by atoms with Crippen LogP contribution < -0.4 is 20.5 Å².